The Balaban J connectivity index is 1.50. The molecule has 5 rings (SSSR count). The summed E-state index contributed by atoms with van der Waals surface area (Å²) in [4.78, 5) is 2.38. The van der Waals surface area contributed by atoms with Crippen LogP contribution < -0.4 is 15.5 Å². The Kier molecular flexibility index (Phi) is 10.9. The summed E-state index contributed by atoms with van der Waals surface area (Å²) >= 11 is 0. The molecule has 0 radical (unpaired) electrons. The smallest absolute Gasteiger partial charge is 0.126 e. The maximum absolute atomic E-state index is 11.5. The van der Waals surface area contributed by atoms with Crippen LogP contribution in [-0.2, 0) is 29.3 Å². The van der Waals surface area contributed by atoms with Gasteiger partial charge in [0.25, 0.3) is 0 Å². The van der Waals surface area contributed by atoms with Crippen molar-refractivity contribution < 1.29 is 10.2 Å². The van der Waals surface area contributed by atoms with Crippen LogP contribution in [0, 0.1) is 0 Å². The maximum Gasteiger partial charge on any atom is 0.126 e. The number of hydrogen-bond acceptors (Lipinski definition) is 5. The molecule has 4 N–H and O–H groups in total. The van der Waals surface area contributed by atoms with Crippen LogP contribution in [-0.4, -0.2) is 10.2 Å². The lowest BCUT2D eigenvalue weighted by molar-refractivity contribution is 0.422. The van der Waals surface area contributed by atoms with Crippen LogP contribution in [0.15, 0.2) is 110 Å². The Bertz CT molecular complexity index is 1970. The van der Waals surface area contributed by atoms with Gasteiger partial charge >= 0.3 is 0 Å². The van der Waals surface area contributed by atoms with Crippen molar-refractivity contribution in [3.05, 3.63) is 143 Å². The highest BCUT2D eigenvalue weighted by molar-refractivity contribution is 5.71. The van der Waals surface area contributed by atoms with E-state index >= 15 is 0 Å². The molecule has 5 heteroatoms. The monoisotopic (exact) mass is 695 g/mol. The van der Waals surface area contributed by atoms with E-state index in [1.165, 1.54) is 0 Å². The maximum atomic E-state index is 11.5. The van der Waals surface area contributed by atoms with E-state index in [1.54, 1.807) is 0 Å². The van der Waals surface area contributed by atoms with Gasteiger partial charge in [-0.2, -0.15) is 0 Å². The number of benzene rings is 5. The summed E-state index contributed by atoms with van der Waals surface area (Å²) in [5.74, 6) is 0.687. The largest absolute Gasteiger partial charge is 0.507 e. The van der Waals surface area contributed by atoms with Crippen LogP contribution >= 0.6 is 0 Å². The van der Waals surface area contributed by atoms with Gasteiger partial charge < -0.3 is 25.7 Å². The second-order valence-electron chi connectivity index (χ2n) is 17.2. The molecular weight excluding hydrogens is 639 g/mol. The van der Waals surface area contributed by atoms with Crippen LogP contribution in [0.5, 0.6) is 11.5 Å². The molecule has 0 aliphatic rings. The first kappa shape index (κ1) is 38.1. The highest BCUT2D eigenvalue weighted by Crippen LogP contribution is 2.41. The molecule has 0 bridgehead atoms. The molecule has 0 aromatic heterocycles. The lowest BCUT2D eigenvalue weighted by atomic mass is 9.78. The average molecular weight is 696 g/mol. The minimum atomic E-state index is -0.252. The Morgan fingerprint density at radius 1 is 0.538 bits per heavy atom. The molecule has 0 aliphatic heterocycles. The van der Waals surface area contributed by atoms with E-state index in [-0.39, 0.29) is 16.2 Å². The van der Waals surface area contributed by atoms with E-state index in [2.05, 4.69) is 169 Å². The summed E-state index contributed by atoms with van der Waals surface area (Å²) in [6.45, 7) is 26.7. The quantitative estimate of drug-likeness (QED) is 0.117. The van der Waals surface area contributed by atoms with Crippen molar-refractivity contribution in [2.45, 2.75) is 98.6 Å². The number of para-hydroxylation sites is 1. The number of rotatable bonds is 10. The third-order valence-corrected chi connectivity index (χ3v) is 9.44. The summed E-state index contributed by atoms with van der Waals surface area (Å²) < 4.78 is 0. The second-order valence-corrected chi connectivity index (χ2v) is 17.2. The molecular formula is C47H57N3O2. The average Bonchev–Trinajstić information content (AvgIpc) is 3.06. The summed E-state index contributed by atoms with van der Waals surface area (Å²) in [6.07, 6.45) is 0. The van der Waals surface area contributed by atoms with E-state index in [9.17, 15) is 10.2 Å². The van der Waals surface area contributed by atoms with Crippen LogP contribution in [0.4, 0.5) is 28.4 Å². The van der Waals surface area contributed by atoms with Crippen LogP contribution in [0.25, 0.3) is 5.57 Å². The molecule has 0 fully saturated rings. The third-order valence-electron chi connectivity index (χ3n) is 9.44. The lowest BCUT2D eigenvalue weighted by Gasteiger charge is -2.31. The molecule has 0 saturated heterocycles. The Morgan fingerprint density at radius 2 is 0.904 bits per heavy atom. The van der Waals surface area contributed by atoms with Crippen molar-refractivity contribution in [1.29, 1.82) is 0 Å². The van der Waals surface area contributed by atoms with Crippen molar-refractivity contribution >= 4 is 34.0 Å². The third kappa shape index (κ3) is 9.19. The molecule has 5 aromatic carbocycles. The van der Waals surface area contributed by atoms with E-state index in [0.29, 0.717) is 24.6 Å². The first-order valence-corrected chi connectivity index (χ1v) is 18.2. The fourth-order valence-corrected chi connectivity index (χ4v) is 6.54. The number of allylic oxidation sites excluding steroid dienone is 1. The zero-order valence-corrected chi connectivity index (χ0v) is 32.8. The van der Waals surface area contributed by atoms with Gasteiger partial charge in [-0.1, -0.05) is 87.1 Å². The molecule has 52 heavy (non-hydrogen) atoms. The number of phenols is 2. The number of hydrogen-bond donors (Lipinski definition) is 4. The van der Waals surface area contributed by atoms with Gasteiger partial charge in [-0.25, -0.2) is 0 Å². The minimum Gasteiger partial charge on any atom is -0.507 e. The lowest BCUT2D eigenvalue weighted by Crippen LogP contribution is -2.24. The summed E-state index contributed by atoms with van der Waals surface area (Å²) in [7, 11) is 0. The van der Waals surface area contributed by atoms with Crippen molar-refractivity contribution in [2.75, 3.05) is 15.5 Å². The molecule has 0 heterocycles. The van der Waals surface area contributed by atoms with Crippen LogP contribution in [0.3, 0.4) is 0 Å². The van der Waals surface area contributed by atoms with E-state index in [4.69, 9.17) is 0 Å². The Morgan fingerprint density at radius 3 is 1.31 bits per heavy atom. The normalized spacial score (nSPS) is 12.0. The topological polar surface area (TPSA) is 67.8 Å². The highest BCUT2D eigenvalue weighted by atomic mass is 16.3. The summed E-state index contributed by atoms with van der Waals surface area (Å²) in [5, 5.41) is 29.7. The van der Waals surface area contributed by atoms with Crippen molar-refractivity contribution in [2.24, 2.45) is 0 Å². The van der Waals surface area contributed by atoms with Crippen molar-refractivity contribution in [3.63, 3.8) is 0 Å². The standard InChI is InChI=1S/C47H57N3O2/c1-31(2)39-25-32(26-40(43(39)51)45(3,4)5)29-50(30-33-27-41(46(6,7)8)44(52)42(28-33)47(9,10)11)38-23-21-37(22-24-38)49-36-19-17-35(18-20-36)48-34-15-13-12-14-16-34/h12-28,48-49,51-52H,1,29-30H2,2-11H3. The van der Waals surface area contributed by atoms with Gasteiger partial charge in [-0.05, 0) is 136 Å². The van der Waals surface area contributed by atoms with Gasteiger partial charge in [0.2, 0.25) is 0 Å². The molecule has 0 atom stereocenters. The Hall–Kier alpha value is -5.16. The molecule has 0 amide bonds. The number of aromatic hydroxyl groups is 2. The van der Waals surface area contributed by atoms with Gasteiger partial charge in [0.1, 0.15) is 11.5 Å². The molecule has 0 spiro atoms. The van der Waals surface area contributed by atoms with Crippen LogP contribution in [0.1, 0.15) is 103 Å². The van der Waals surface area contributed by atoms with E-state index in [1.807, 2.05) is 25.1 Å². The zero-order chi connectivity index (χ0) is 38.0. The summed E-state index contributed by atoms with van der Waals surface area (Å²) in [5.41, 5.74) is 11.1. The number of nitrogens with one attached hydrogen (secondary N) is 2. The second kappa shape index (κ2) is 14.8. The number of phenolic OH excluding ortho intramolecular Hbond substituents is 2. The Labute approximate surface area is 312 Å². The van der Waals surface area contributed by atoms with Gasteiger partial charge in [-0.3, -0.25) is 0 Å². The van der Waals surface area contributed by atoms with Gasteiger partial charge in [0.15, 0.2) is 0 Å². The fraction of sp³-hybridized carbons (Fsp3) is 0.319. The minimum absolute atomic E-state index is 0.233. The SMILES string of the molecule is C=C(C)c1cc(CN(Cc2cc(C(C)(C)C)c(O)c(C(C)(C)C)c2)c2ccc(Nc3ccc(Nc4ccccc4)cc3)cc2)cc(C(C)(C)C)c1O. The predicted molar refractivity (Wildman–Crippen MR) is 223 cm³/mol. The van der Waals surface area contributed by atoms with Gasteiger partial charge in [-0.15, -0.1) is 0 Å². The highest BCUT2D eigenvalue weighted by Gasteiger charge is 2.28. The molecule has 0 saturated carbocycles. The molecule has 0 aliphatic carbocycles. The molecule has 272 valence electrons. The zero-order valence-electron chi connectivity index (χ0n) is 32.8. The fourth-order valence-electron chi connectivity index (χ4n) is 6.54. The first-order valence-electron chi connectivity index (χ1n) is 18.2. The van der Waals surface area contributed by atoms with E-state index < -0.39 is 0 Å². The number of nitrogens with zero attached hydrogens (tertiary/aromatic N) is 1. The van der Waals surface area contributed by atoms with E-state index in [0.717, 1.165) is 67.4 Å². The number of anilines is 5. The first-order chi connectivity index (χ1) is 24.3. The van der Waals surface area contributed by atoms with Gasteiger partial charge in [0, 0.05) is 52.7 Å². The molecule has 5 aromatic rings. The van der Waals surface area contributed by atoms with Crippen molar-refractivity contribution in [1.82, 2.24) is 0 Å². The van der Waals surface area contributed by atoms with Gasteiger partial charge in [0.05, 0.1) is 0 Å². The predicted octanol–water partition coefficient (Wildman–Crippen LogP) is 12.7. The summed E-state index contributed by atoms with van der Waals surface area (Å²) in [6, 6.07) is 35.6. The van der Waals surface area contributed by atoms with Crippen molar-refractivity contribution in [3.8, 4) is 11.5 Å². The molecule has 5 nitrogen and oxygen atoms in total. The van der Waals surface area contributed by atoms with Crippen LogP contribution in [0.2, 0.25) is 0 Å². The molecule has 0 unspecified atom stereocenters.